The number of nitrogens with zero attached hydrogens (tertiary/aromatic N) is 1. The molecule has 0 spiro atoms. The number of hydrogen-bond acceptors (Lipinski definition) is 1. The minimum Gasteiger partial charge on any atom is -0.311 e. The van der Waals surface area contributed by atoms with Gasteiger partial charge in [0, 0.05) is 22.5 Å². The van der Waals surface area contributed by atoms with Crippen LogP contribution in [0.1, 0.15) is 47.2 Å². The summed E-state index contributed by atoms with van der Waals surface area (Å²) in [6, 6.07) is 73.5. The maximum Gasteiger partial charge on any atom is 0.0713 e. The molecule has 0 fully saturated rings. The van der Waals surface area contributed by atoms with Crippen molar-refractivity contribution in [2.75, 3.05) is 4.90 Å². The molecule has 0 radical (unpaired) electrons. The van der Waals surface area contributed by atoms with Gasteiger partial charge in [0.1, 0.15) is 0 Å². The second-order valence-electron chi connectivity index (χ2n) is 14.9. The van der Waals surface area contributed by atoms with E-state index in [4.69, 9.17) is 0 Å². The van der Waals surface area contributed by atoms with Gasteiger partial charge in [-0.05, 0) is 103 Å². The molecule has 1 nitrogen and oxygen atoms in total. The lowest BCUT2D eigenvalue weighted by molar-refractivity contribution is 0.652. The van der Waals surface area contributed by atoms with E-state index in [1.165, 1.54) is 66.8 Å². The van der Waals surface area contributed by atoms with Gasteiger partial charge < -0.3 is 4.90 Å². The number of rotatable bonds is 7. The first-order chi connectivity index (χ1) is 26.0. The monoisotopic (exact) mass is 677 g/mol. The first-order valence-corrected chi connectivity index (χ1v) is 18.6. The van der Waals surface area contributed by atoms with Crippen LogP contribution in [-0.2, 0) is 10.8 Å². The zero-order valence-corrected chi connectivity index (χ0v) is 30.0. The third kappa shape index (κ3) is 4.70. The molecule has 10 rings (SSSR count). The van der Waals surface area contributed by atoms with Gasteiger partial charge in [-0.2, -0.15) is 0 Å². The predicted octanol–water partition coefficient (Wildman–Crippen LogP) is 13.5. The highest BCUT2D eigenvalue weighted by Crippen LogP contribution is 2.64. The Labute approximate surface area is 312 Å². The molecular formula is C52H39N. The molecule has 252 valence electrons. The predicted molar refractivity (Wildman–Crippen MR) is 221 cm³/mol. The molecule has 0 amide bonds. The van der Waals surface area contributed by atoms with E-state index >= 15 is 0 Å². The Morgan fingerprint density at radius 2 is 0.660 bits per heavy atom. The topological polar surface area (TPSA) is 3.24 Å². The molecule has 0 aromatic heterocycles. The zero-order chi connectivity index (χ0) is 35.6. The largest absolute Gasteiger partial charge is 0.311 e. The van der Waals surface area contributed by atoms with E-state index < -0.39 is 0 Å². The minimum atomic E-state index is -0.386. The van der Waals surface area contributed by atoms with Gasteiger partial charge in [-0.25, -0.2) is 0 Å². The Morgan fingerprint density at radius 3 is 1.15 bits per heavy atom. The van der Waals surface area contributed by atoms with Crippen LogP contribution in [0.25, 0.3) is 33.4 Å². The fourth-order valence-corrected chi connectivity index (χ4v) is 9.25. The number of hydrogen-bond donors (Lipinski definition) is 0. The summed E-state index contributed by atoms with van der Waals surface area (Å²) in [7, 11) is 0. The molecule has 0 N–H and O–H groups in total. The van der Waals surface area contributed by atoms with E-state index in [9.17, 15) is 0 Å². The number of para-hydroxylation sites is 1. The molecule has 53 heavy (non-hydrogen) atoms. The first-order valence-electron chi connectivity index (χ1n) is 18.6. The molecule has 0 heterocycles. The van der Waals surface area contributed by atoms with Crippen LogP contribution in [0.2, 0.25) is 0 Å². The standard InChI is InChI=1S/C52H39N/c1-51(2)45-20-12-22-47-49(45)50-46(51)21-13-23-48(50)52(47,40-16-8-4-9-17-40)41-30-24-37(25-31-41)39-28-34-44(35-29-39)53(42-18-10-5-11-19-42)43-32-26-38(27-33-43)36-14-6-3-7-15-36/h3-35H,1-2H3. The van der Waals surface area contributed by atoms with Gasteiger partial charge in [-0.3, -0.25) is 0 Å². The van der Waals surface area contributed by atoms with Crippen LogP contribution >= 0.6 is 0 Å². The van der Waals surface area contributed by atoms with Crippen molar-refractivity contribution in [2.45, 2.75) is 24.7 Å². The quantitative estimate of drug-likeness (QED) is 0.162. The Bertz CT molecular complexity index is 2530. The number of anilines is 3. The smallest absolute Gasteiger partial charge is 0.0713 e. The normalized spacial score (nSPS) is 14.2. The third-order valence-corrected chi connectivity index (χ3v) is 11.8. The summed E-state index contributed by atoms with van der Waals surface area (Å²) in [6.45, 7) is 4.75. The fraction of sp³-hybridized carbons (Fsp3) is 0.0769. The summed E-state index contributed by atoms with van der Waals surface area (Å²) in [5.74, 6) is 0. The molecule has 8 aromatic rings. The Balaban J connectivity index is 1.03. The highest BCUT2D eigenvalue weighted by molar-refractivity contribution is 5.95. The second kappa shape index (κ2) is 12.1. The minimum absolute atomic E-state index is 0.0166. The van der Waals surface area contributed by atoms with Crippen LogP contribution in [-0.4, -0.2) is 0 Å². The average molecular weight is 678 g/mol. The Hall–Kier alpha value is -6.44. The number of benzene rings is 8. The molecule has 0 bridgehead atoms. The fourth-order valence-electron chi connectivity index (χ4n) is 9.25. The van der Waals surface area contributed by atoms with Crippen molar-refractivity contribution < 1.29 is 0 Å². The van der Waals surface area contributed by atoms with Gasteiger partial charge in [0.15, 0.2) is 0 Å². The van der Waals surface area contributed by atoms with Gasteiger partial charge >= 0.3 is 0 Å². The van der Waals surface area contributed by atoms with Crippen molar-refractivity contribution in [3.8, 4) is 33.4 Å². The van der Waals surface area contributed by atoms with Crippen molar-refractivity contribution in [1.29, 1.82) is 0 Å². The highest BCUT2D eigenvalue weighted by Gasteiger charge is 2.52. The summed E-state index contributed by atoms with van der Waals surface area (Å²) < 4.78 is 0. The van der Waals surface area contributed by atoms with Crippen LogP contribution in [0.5, 0.6) is 0 Å². The Morgan fingerprint density at radius 1 is 0.302 bits per heavy atom. The summed E-state index contributed by atoms with van der Waals surface area (Å²) >= 11 is 0. The molecular weight excluding hydrogens is 639 g/mol. The van der Waals surface area contributed by atoms with E-state index in [1.807, 2.05) is 0 Å². The second-order valence-corrected chi connectivity index (χ2v) is 14.9. The summed E-state index contributed by atoms with van der Waals surface area (Å²) in [6.07, 6.45) is 0. The Kier molecular flexibility index (Phi) is 7.13. The van der Waals surface area contributed by atoms with Gasteiger partial charge in [-0.1, -0.05) is 178 Å². The van der Waals surface area contributed by atoms with Crippen molar-refractivity contribution in [3.05, 3.63) is 234 Å². The van der Waals surface area contributed by atoms with Crippen molar-refractivity contribution >= 4 is 17.1 Å². The summed E-state index contributed by atoms with van der Waals surface area (Å²) in [4.78, 5) is 2.33. The summed E-state index contributed by atoms with van der Waals surface area (Å²) in [5, 5.41) is 0. The molecule has 0 saturated carbocycles. The van der Waals surface area contributed by atoms with Crippen LogP contribution in [0.3, 0.4) is 0 Å². The zero-order valence-electron chi connectivity index (χ0n) is 30.0. The SMILES string of the molecule is CC1(C)c2cccc3c2-c2c1cccc2C3(c1ccccc1)c1ccc(-c2ccc(N(c3ccccc3)c3ccc(-c4ccccc4)cc3)cc2)cc1. The molecule has 0 atom stereocenters. The highest BCUT2D eigenvalue weighted by atomic mass is 15.1. The molecule has 2 aliphatic carbocycles. The average Bonchev–Trinajstić information content (AvgIpc) is 3.66. The van der Waals surface area contributed by atoms with Gasteiger partial charge in [0.25, 0.3) is 0 Å². The van der Waals surface area contributed by atoms with Crippen LogP contribution in [0.4, 0.5) is 17.1 Å². The molecule has 8 aromatic carbocycles. The lowest BCUT2D eigenvalue weighted by Gasteiger charge is -2.36. The van der Waals surface area contributed by atoms with Crippen LogP contribution in [0, 0.1) is 0 Å². The molecule has 0 saturated heterocycles. The first kappa shape index (κ1) is 31.3. The molecule has 1 heteroatoms. The third-order valence-electron chi connectivity index (χ3n) is 11.8. The van der Waals surface area contributed by atoms with E-state index in [-0.39, 0.29) is 10.8 Å². The molecule has 2 aliphatic rings. The lowest BCUT2D eigenvalue weighted by atomic mass is 9.65. The van der Waals surface area contributed by atoms with Gasteiger partial charge in [0.2, 0.25) is 0 Å². The van der Waals surface area contributed by atoms with Crippen molar-refractivity contribution in [1.82, 2.24) is 0 Å². The van der Waals surface area contributed by atoms with Crippen molar-refractivity contribution in [2.24, 2.45) is 0 Å². The molecule has 0 unspecified atom stereocenters. The lowest BCUT2D eigenvalue weighted by Crippen LogP contribution is -2.30. The van der Waals surface area contributed by atoms with Crippen molar-refractivity contribution in [3.63, 3.8) is 0 Å². The summed E-state index contributed by atoms with van der Waals surface area (Å²) in [5.41, 5.74) is 18.9. The van der Waals surface area contributed by atoms with E-state index in [2.05, 4.69) is 219 Å². The van der Waals surface area contributed by atoms with Gasteiger partial charge in [0.05, 0.1) is 5.41 Å². The van der Waals surface area contributed by atoms with Gasteiger partial charge in [-0.15, -0.1) is 0 Å². The van der Waals surface area contributed by atoms with Crippen LogP contribution < -0.4 is 4.90 Å². The van der Waals surface area contributed by atoms with E-state index in [0.29, 0.717) is 0 Å². The van der Waals surface area contributed by atoms with E-state index in [1.54, 1.807) is 0 Å². The molecule has 0 aliphatic heterocycles. The maximum atomic E-state index is 2.38. The van der Waals surface area contributed by atoms with Crippen LogP contribution in [0.15, 0.2) is 200 Å². The van der Waals surface area contributed by atoms with E-state index in [0.717, 1.165) is 17.1 Å². The maximum absolute atomic E-state index is 2.38.